The molecule has 18 heavy (non-hydrogen) atoms. The average Bonchev–Trinajstić information content (AvgIpc) is 2.86. The van der Waals surface area contributed by atoms with Crippen LogP contribution in [-0.2, 0) is 6.42 Å². The standard InChI is InChI=1S/C16H24FN/c1-3-12-8-9-14(10-12)16(18-2)11-13-6-4-5-7-15(13)17/h4-7,12,14,16,18H,3,8-11H2,1-2H3. The van der Waals surface area contributed by atoms with E-state index in [0.717, 1.165) is 17.9 Å². The summed E-state index contributed by atoms with van der Waals surface area (Å²) in [7, 11) is 2.00. The molecule has 0 saturated heterocycles. The van der Waals surface area contributed by atoms with Crippen molar-refractivity contribution in [2.75, 3.05) is 7.05 Å². The fourth-order valence-electron chi connectivity index (χ4n) is 3.26. The van der Waals surface area contributed by atoms with E-state index in [4.69, 9.17) is 0 Å². The van der Waals surface area contributed by atoms with Crippen LogP contribution in [0.4, 0.5) is 4.39 Å². The summed E-state index contributed by atoms with van der Waals surface area (Å²) in [4.78, 5) is 0. The third-order valence-electron chi connectivity index (χ3n) is 4.50. The molecular weight excluding hydrogens is 225 g/mol. The van der Waals surface area contributed by atoms with E-state index in [1.54, 1.807) is 12.1 Å². The number of halogens is 1. The highest BCUT2D eigenvalue weighted by Crippen LogP contribution is 2.35. The summed E-state index contributed by atoms with van der Waals surface area (Å²) in [5.41, 5.74) is 0.844. The van der Waals surface area contributed by atoms with Crippen LogP contribution >= 0.6 is 0 Å². The molecule has 0 amide bonds. The van der Waals surface area contributed by atoms with Crippen molar-refractivity contribution in [3.05, 3.63) is 35.6 Å². The molecular formula is C16H24FN. The van der Waals surface area contributed by atoms with Crippen molar-refractivity contribution in [1.29, 1.82) is 0 Å². The number of nitrogens with one attached hydrogen (secondary N) is 1. The van der Waals surface area contributed by atoms with Gasteiger partial charge in [0.25, 0.3) is 0 Å². The zero-order chi connectivity index (χ0) is 13.0. The lowest BCUT2D eigenvalue weighted by molar-refractivity contribution is 0.358. The van der Waals surface area contributed by atoms with Crippen LogP contribution in [0.2, 0.25) is 0 Å². The summed E-state index contributed by atoms with van der Waals surface area (Å²) in [6.45, 7) is 2.28. The maximum atomic E-state index is 13.7. The highest BCUT2D eigenvalue weighted by atomic mass is 19.1. The largest absolute Gasteiger partial charge is 0.316 e. The van der Waals surface area contributed by atoms with Gasteiger partial charge in [-0.3, -0.25) is 0 Å². The Kier molecular flexibility index (Phi) is 4.76. The molecule has 0 radical (unpaired) electrons. The second kappa shape index (κ2) is 6.33. The van der Waals surface area contributed by atoms with Crippen molar-refractivity contribution in [3.8, 4) is 0 Å². The molecule has 2 rings (SSSR count). The molecule has 0 aliphatic heterocycles. The van der Waals surface area contributed by atoms with Crippen LogP contribution in [0.3, 0.4) is 0 Å². The number of rotatable bonds is 5. The Bertz CT molecular complexity index is 377. The molecule has 1 aromatic carbocycles. The first-order valence-corrected chi connectivity index (χ1v) is 7.15. The van der Waals surface area contributed by atoms with E-state index >= 15 is 0 Å². The maximum absolute atomic E-state index is 13.7. The van der Waals surface area contributed by atoms with E-state index in [0.29, 0.717) is 12.0 Å². The van der Waals surface area contributed by atoms with Gasteiger partial charge in [-0.05, 0) is 49.8 Å². The zero-order valence-electron chi connectivity index (χ0n) is 11.5. The summed E-state index contributed by atoms with van der Waals surface area (Å²) in [5.74, 6) is 1.52. The minimum Gasteiger partial charge on any atom is -0.316 e. The van der Waals surface area contributed by atoms with Gasteiger partial charge in [-0.1, -0.05) is 38.0 Å². The molecule has 0 heterocycles. The highest BCUT2D eigenvalue weighted by Gasteiger charge is 2.29. The molecule has 100 valence electrons. The monoisotopic (exact) mass is 249 g/mol. The Balaban J connectivity index is 2.00. The first-order chi connectivity index (χ1) is 8.74. The maximum Gasteiger partial charge on any atom is 0.126 e. The number of likely N-dealkylation sites (N-methyl/N-ethyl adjacent to an activating group) is 1. The quantitative estimate of drug-likeness (QED) is 0.837. The van der Waals surface area contributed by atoms with Gasteiger partial charge in [0.2, 0.25) is 0 Å². The van der Waals surface area contributed by atoms with Gasteiger partial charge in [0.15, 0.2) is 0 Å². The van der Waals surface area contributed by atoms with Crippen LogP contribution in [0, 0.1) is 17.7 Å². The fraction of sp³-hybridized carbons (Fsp3) is 0.625. The minimum absolute atomic E-state index is 0.0669. The lowest BCUT2D eigenvalue weighted by atomic mass is 9.91. The predicted molar refractivity (Wildman–Crippen MR) is 74.1 cm³/mol. The van der Waals surface area contributed by atoms with E-state index in [1.165, 1.54) is 25.7 Å². The number of benzene rings is 1. The lowest BCUT2D eigenvalue weighted by Gasteiger charge is -2.23. The van der Waals surface area contributed by atoms with Crippen LogP contribution in [0.15, 0.2) is 24.3 Å². The third kappa shape index (κ3) is 3.11. The molecule has 1 aliphatic carbocycles. The highest BCUT2D eigenvalue weighted by molar-refractivity contribution is 5.18. The Morgan fingerprint density at radius 1 is 1.33 bits per heavy atom. The van der Waals surface area contributed by atoms with E-state index < -0.39 is 0 Å². The molecule has 3 atom stereocenters. The second-order valence-corrected chi connectivity index (χ2v) is 5.54. The van der Waals surface area contributed by atoms with Gasteiger partial charge in [0.05, 0.1) is 0 Å². The second-order valence-electron chi connectivity index (χ2n) is 5.54. The SMILES string of the molecule is CCC1CCC(C(Cc2ccccc2F)NC)C1. The van der Waals surface area contributed by atoms with Gasteiger partial charge in [0, 0.05) is 6.04 Å². The van der Waals surface area contributed by atoms with Gasteiger partial charge in [-0.25, -0.2) is 4.39 Å². The Morgan fingerprint density at radius 2 is 2.11 bits per heavy atom. The summed E-state index contributed by atoms with van der Waals surface area (Å²) in [6.07, 6.45) is 6.03. The average molecular weight is 249 g/mol. The van der Waals surface area contributed by atoms with Gasteiger partial charge in [-0.2, -0.15) is 0 Å². The van der Waals surface area contributed by atoms with Crippen LogP contribution in [0.1, 0.15) is 38.2 Å². The molecule has 3 unspecified atom stereocenters. The van der Waals surface area contributed by atoms with Crippen molar-refractivity contribution in [3.63, 3.8) is 0 Å². The van der Waals surface area contributed by atoms with Crippen molar-refractivity contribution in [2.24, 2.45) is 11.8 Å². The van der Waals surface area contributed by atoms with Gasteiger partial charge < -0.3 is 5.32 Å². The number of hydrogen-bond acceptors (Lipinski definition) is 1. The molecule has 0 spiro atoms. The molecule has 0 bridgehead atoms. The van der Waals surface area contributed by atoms with Crippen molar-refractivity contribution in [1.82, 2.24) is 5.32 Å². The molecule has 1 aliphatic rings. The van der Waals surface area contributed by atoms with Crippen LogP contribution in [0.5, 0.6) is 0 Å². The first kappa shape index (κ1) is 13.5. The van der Waals surface area contributed by atoms with Crippen LogP contribution in [-0.4, -0.2) is 13.1 Å². The summed E-state index contributed by atoms with van der Waals surface area (Å²) < 4.78 is 13.7. The third-order valence-corrected chi connectivity index (χ3v) is 4.50. The lowest BCUT2D eigenvalue weighted by Crippen LogP contribution is -2.34. The summed E-state index contributed by atoms with van der Waals surface area (Å²) >= 11 is 0. The summed E-state index contributed by atoms with van der Waals surface area (Å²) in [5, 5.41) is 3.40. The van der Waals surface area contributed by atoms with E-state index in [9.17, 15) is 4.39 Å². The van der Waals surface area contributed by atoms with Gasteiger partial charge >= 0.3 is 0 Å². The predicted octanol–water partition coefficient (Wildman–Crippen LogP) is 3.78. The molecule has 2 heteroatoms. The Morgan fingerprint density at radius 3 is 2.72 bits per heavy atom. The van der Waals surface area contributed by atoms with Crippen LogP contribution in [0.25, 0.3) is 0 Å². The molecule has 1 fully saturated rings. The van der Waals surface area contributed by atoms with Crippen LogP contribution < -0.4 is 5.32 Å². The molecule has 1 aromatic rings. The van der Waals surface area contributed by atoms with Crippen molar-refractivity contribution >= 4 is 0 Å². The molecule has 1 saturated carbocycles. The zero-order valence-corrected chi connectivity index (χ0v) is 11.5. The first-order valence-electron chi connectivity index (χ1n) is 7.15. The normalized spacial score (nSPS) is 25.3. The van der Waals surface area contributed by atoms with Crippen molar-refractivity contribution in [2.45, 2.75) is 45.1 Å². The molecule has 0 aromatic heterocycles. The van der Waals surface area contributed by atoms with Gasteiger partial charge in [0.1, 0.15) is 5.82 Å². The van der Waals surface area contributed by atoms with Gasteiger partial charge in [-0.15, -0.1) is 0 Å². The van der Waals surface area contributed by atoms with E-state index in [2.05, 4.69) is 12.2 Å². The topological polar surface area (TPSA) is 12.0 Å². The molecule has 1 nitrogen and oxygen atoms in total. The van der Waals surface area contributed by atoms with E-state index in [1.807, 2.05) is 19.2 Å². The fourth-order valence-corrected chi connectivity index (χ4v) is 3.26. The van der Waals surface area contributed by atoms with E-state index in [-0.39, 0.29) is 5.82 Å². The minimum atomic E-state index is -0.0669. The summed E-state index contributed by atoms with van der Waals surface area (Å²) in [6, 6.07) is 7.57. The smallest absolute Gasteiger partial charge is 0.126 e. The Hall–Kier alpha value is -0.890. The van der Waals surface area contributed by atoms with Crippen molar-refractivity contribution < 1.29 is 4.39 Å². The molecule has 1 N–H and O–H groups in total. The Labute approximate surface area is 110 Å². The number of hydrogen-bond donors (Lipinski definition) is 1.